The zero-order chi connectivity index (χ0) is 13.7. The Balaban J connectivity index is 1.94. The Bertz CT molecular complexity index is 476. The summed E-state index contributed by atoms with van der Waals surface area (Å²) >= 11 is 0. The third kappa shape index (κ3) is 3.47. The highest BCUT2D eigenvalue weighted by Crippen LogP contribution is 2.20. The molecule has 1 heterocycles. The van der Waals surface area contributed by atoms with Crippen LogP contribution >= 0.6 is 0 Å². The Morgan fingerprint density at radius 2 is 2.16 bits per heavy atom. The summed E-state index contributed by atoms with van der Waals surface area (Å²) in [5.41, 5.74) is 1.09. The second-order valence-corrected chi connectivity index (χ2v) is 4.71. The molecule has 1 atom stereocenters. The molecule has 1 aliphatic rings. The van der Waals surface area contributed by atoms with Crippen molar-refractivity contribution < 1.29 is 9.53 Å². The molecule has 100 valence electrons. The first-order valence-electron chi connectivity index (χ1n) is 6.62. The summed E-state index contributed by atoms with van der Waals surface area (Å²) in [5.74, 6) is 0.816. The highest BCUT2D eigenvalue weighted by Gasteiger charge is 2.25. The van der Waals surface area contributed by atoms with E-state index < -0.39 is 0 Å². The van der Waals surface area contributed by atoms with Gasteiger partial charge in [-0.3, -0.25) is 4.79 Å². The second-order valence-electron chi connectivity index (χ2n) is 4.71. The fourth-order valence-electron chi connectivity index (χ4n) is 2.23. The van der Waals surface area contributed by atoms with Gasteiger partial charge in [0, 0.05) is 19.5 Å². The number of likely N-dealkylation sites (tertiary alicyclic amines) is 1. The summed E-state index contributed by atoms with van der Waals surface area (Å²) in [6, 6.07) is 9.98. The molecule has 0 bridgehead atoms. The average molecular weight is 258 g/mol. The summed E-state index contributed by atoms with van der Waals surface area (Å²) in [6.45, 7) is 3.89. The lowest BCUT2D eigenvalue weighted by atomic mass is 9.97. The van der Waals surface area contributed by atoms with Crippen molar-refractivity contribution in [3.63, 3.8) is 0 Å². The minimum atomic E-state index is -0.107. The third-order valence-electron chi connectivity index (χ3n) is 3.31. The van der Waals surface area contributed by atoms with E-state index in [1.54, 1.807) is 0 Å². The van der Waals surface area contributed by atoms with Crippen molar-refractivity contribution in [3.8, 4) is 11.8 Å². The van der Waals surface area contributed by atoms with Gasteiger partial charge in [-0.1, -0.05) is 12.1 Å². The predicted molar refractivity (Wildman–Crippen MR) is 71.4 cm³/mol. The van der Waals surface area contributed by atoms with Crippen LogP contribution in [0, 0.1) is 17.2 Å². The van der Waals surface area contributed by atoms with Crippen LogP contribution in [-0.2, 0) is 11.3 Å². The van der Waals surface area contributed by atoms with Crippen LogP contribution in [0.5, 0.6) is 5.75 Å². The molecule has 1 fully saturated rings. The zero-order valence-corrected chi connectivity index (χ0v) is 11.1. The van der Waals surface area contributed by atoms with Crippen LogP contribution in [0.1, 0.15) is 25.3 Å². The maximum absolute atomic E-state index is 11.9. The largest absolute Gasteiger partial charge is 0.494 e. The fraction of sp³-hybridized carbons (Fsp3) is 0.467. The summed E-state index contributed by atoms with van der Waals surface area (Å²) in [4.78, 5) is 13.7. The van der Waals surface area contributed by atoms with Gasteiger partial charge in [0.1, 0.15) is 5.75 Å². The van der Waals surface area contributed by atoms with Gasteiger partial charge in [0.2, 0.25) is 5.91 Å². The van der Waals surface area contributed by atoms with E-state index in [1.807, 2.05) is 36.1 Å². The van der Waals surface area contributed by atoms with Gasteiger partial charge >= 0.3 is 0 Å². The first-order valence-corrected chi connectivity index (χ1v) is 6.62. The molecule has 2 rings (SSSR count). The van der Waals surface area contributed by atoms with Gasteiger partial charge in [-0.25, -0.2) is 0 Å². The highest BCUT2D eigenvalue weighted by molar-refractivity contribution is 5.77. The molecule has 1 unspecified atom stereocenters. The van der Waals surface area contributed by atoms with Crippen LogP contribution in [0.2, 0.25) is 0 Å². The number of hydrogen-bond donors (Lipinski definition) is 0. The topological polar surface area (TPSA) is 53.3 Å². The lowest BCUT2D eigenvalue weighted by molar-refractivity contribution is -0.134. The van der Waals surface area contributed by atoms with Crippen molar-refractivity contribution in [2.24, 2.45) is 5.92 Å². The standard InChI is InChI=1S/C15H18N2O2/c1-2-19-14-5-3-12(4-6-14)11-17-8-7-13(10-16)9-15(17)18/h3-6,13H,2,7-9,11H2,1H3. The van der Waals surface area contributed by atoms with Crippen LogP contribution in [-0.4, -0.2) is 24.0 Å². The van der Waals surface area contributed by atoms with Crippen LogP contribution in [0.3, 0.4) is 0 Å². The molecule has 1 aliphatic heterocycles. The second kappa shape index (κ2) is 6.24. The molecule has 0 aromatic heterocycles. The van der Waals surface area contributed by atoms with Crippen molar-refractivity contribution >= 4 is 5.91 Å². The SMILES string of the molecule is CCOc1ccc(CN2CCC(C#N)CC2=O)cc1. The smallest absolute Gasteiger partial charge is 0.224 e. The van der Waals surface area contributed by atoms with Crippen molar-refractivity contribution in [3.05, 3.63) is 29.8 Å². The van der Waals surface area contributed by atoms with Crippen LogP contribution in [0.15, 0.2) is 24.3 Å². The molecule has 4 nitrogen and oxygen atoms in total. The fourth-order valence-corrected chi connectivity index (χ4v) is 2.23. The maximum atomic E-state index is 11.9. The molecule has 0 N–H and O–H groups in total. The lowest BCUT2D eigenvalue weighted by Gasteiger charge is -2.29. The van der Waals surface area contributed by atoms with E-state index in [9.17, 15) is 4.79 Å². The number of piperidine rings is 1. The number of nitriles is 1. The molecular weight excluding hydrogens is 240 g/mol. The lowest BCUT2D eigenvalue weighted by Crippen LogP contribution is -2.37. The van der Waals surface area contributed by atoms with Gasteiger partial charge in [-0.2, -0.15) is 5.26 Å². The summed E-state index contributed by atoms with van der Waals surface area (Å²) in [7, 11) is 0. The summed E-state index contributed by atoms with van der Waals surface area (Å²) in [6.07, 6.45) is 1.13. The third-order valence-corrected chi connectivity index (χ3v) is 3.31. The van der Waals surface area contributed by atoms with Gasteiger partial charge in [-0.05, 0) is 31.0 Å². The molecule has 0 radical (unpaired) electrons. The number of amides is 1. The van der Waals surface area contributed by atoms with Crippen LogP contribution < -0.4 is 4.74 Å². The Hall–Kier alpha value is -2.02. The van der Waals surface area contributed by atoms with Crippen LogP contribution in [0.25, 0.3) is 0 Å². The number of benzene rings is 1. The first-order chi connectivity index (χ1) is 9.22. The van der Waals surface area contributed by atoms with Crippen LogP contribution in [0.4, 0.5) is 0 Å². The number of hydrogen-bond acceptors (Lipinski definition) is 3. The van der Waals surface area contributed by atoms with E-state index in [0.717, 1.165) is 17.7 Å². The van der Waals surface area contributed by atoms with Gasteiger partial charge in [0.25, 0.3) is 0 Å². The average Bonchev–Trinajstić information content (AvgIpc) is 2.43. The van der Waals surface area contributed by atoms with Gasteiger partial charge in [0.15, 0.2) is 0 Å². The number of nitrogens with zero attached hydrogens (tertiary/aromatic N) is 2. The van der Waals surface area contributed by atoms with E-state index >= 15 is 0 Å². The summed E-state index contributed by atoms with van der Waals surface area (Å²) < 4.78 is 5.38. The van der Waals surface area contributed by atoms with E-state index in [-0.39, 0.29) is 11.8 Å². The Labute approximate surface area is 113 Å². The molecule has 4 heteroatoms. The molecule has 0 spiro atoms. The number of rotatable bonds is 4. The van der Waals surface area contributed by atoms with Crippen molar-refractivity contribution in [1.29, 1.82) is 5.26 Å². The molecule has 19 heavy (non-hydrogen) atoms. The van der Waals surface area contributed by atoms with Crippen molar-refractivity contribution in [2.45, 2.75) is 26.3 Å². The first kappa shape index (κ1) is 13.4. The summed E-state index contributed by atoms with van der Waals surface area (Å²) in [5, 5.41) is 8.83. The molecule has 0 aliphatic carbocycles. The highest BCUT2D eigenvalue weighted by atomic mass is 16.5. The van der Waals surface area contributed by atoms with E-state index in [0.29, 0.717) is 26.1 Å². The van der Waals surface area contributed by atoms with Crippen molar-refractivity contribution in [1.82, 2.24) is 4.90 Å². The number of carbonyl (C=O) groups is 1. The monoisotopic (exact) mass is 258 g/mol. The Morgan fingerprint density at radius 1 is 1.42 bits per heavy atom. The molecule has 1 saturated heterocycles. The predicted octanol–water partition coefficient (Wildman–Crippen LogP) is 2.35. The number of ether oxygens (including phenoxy) is 1. The molecule has 1 aromatic rings. The quantitative estimate of drug-likeness (QED) is 0.833. The maximum Gasteiger partial charge on any atom is 0.224 e. The van der Waals surface area contributed by atoms with Gasteiger partial charge < -0.3 is 9.64 Å². The molecular formula is C15H18N2O2. The molecule has 0 saturated carbocycles. The molecule has 1 amide bonds. The van der Waals surface area contributed by atoms with E-state index in [2.05, 4.69) is 6.07 Å². The normalized spacial score (nSPS) is 19.1. The zero-order valence-electron chi connectivity index (χ0n) is 11.1. The van der Waals surface area contributed by atoms with E-state index in [1.165, 1.54) is 0 Å². The Morgan fingerprint density at radius 3 is 2.74 bits per heavy atom. The Kier molecular flexibility index (Phi) is 4.40. The minimum Gasteiger partial charge on any atom is -0.494 e. The number of carbonyl (C=O) groups excluding carboxylic acids is 1. The van der Waals surface area contributed by atoms with E-state index in [4.69, 9.17) is 10.00 Å². The molecule has 1 aromatic carbocycles. The van der Waals surface area contributed by atoms with Crippen molar-refractivity contribution in [2.75, 3.05) is 13.2 Å². The minimum absolute atomic E-state index is 0.0756. The van der Waals surface area contributed by atoms with Gasteiger partial charge in [-0.15, -0.1) is 0 Å². The van der Waals surface area contributed by atoms with Gasteiger partial charge in [0.05, 0.1) is 18.6 Å².